The number of carbonyl (C=O) groups is 1. The molecule has 0 saturated carbocycles. The molecular formula is C26H27ClN2O5S2. The van der Waals surface area contributed by atoms with Crippen LogP contribution in [0.5, 0.6) is 0 Å². The van der Waals surface area contributed by atoms with Crippen molar-refractivity contribution >= 4 is 43.1 Å². The number of hydrogen-bond acceptors (Lipinski definition) is 5. The van der Waals surface area contributed by atoms with Gasteiger partial charge in [-0.2, -0.15) is 4.31 Å². The van der Waals surface area contributed by atoms with Crippen LogP contribution in [-0.4, -0.2) is 52.4 Å². The minimum absolute atomic E-state index is 0.0604. The van der Waals surface area contributed by atoms with E-state index in [9.17, 15) is 21.6 Å². The Kier molecular flexibility index (Phi) is 7.56. The molecule has 1 atom stereocenters. The third-order valence-corrected chi connectivity index (χ3v) is 9.64. The van der Waals surface area contributed by atoms with Crippen molar-refractivity contribution in [3.63, 3.8) is 0 Å². The molecule has 1 amide bonds. The van der Waals surface area contributed by atoms with Gasteiger partial charge in [-0.3, -0.25) is 4.79 Å². The van der Waals surface area contributed by atoms with Gasteiger partial charge in [-0.25, -0.2) is 16.8 Å². The Hall–Kier alpha value is -2.72. The van der Waals surface area contributed by atoms with Crippen molar-refractivity contribution in [3.05, 3.63) is 77.8 Å². The van der Waals surface area contributed by atoms with E-state index in [0.29, 0.717) is 35.7 Å². The number of anilines is 1. The van der Waals surface area contributed by atoms with Gasteiger partial charge in [0.25, 0.3) is 0 Å². The van der Waals surface area contributed by atoms with Crippen molar-refractivity contribution in [2.75, 3.05) is 24.2 Å². The maximum Gasteiger partial charge on any atom is 0.245 e. The monoisotopic (exact) mass is 546 g/mol. The zero-order valence-corrected chi connectivity index (χ0v) is 22.4. The molecule has 1 aliphatic rings. The van der Waals surface area contributed by atoms with E-state index in [1.807, 2.05) is 30.3 Å². The number of piperidine rings is 1. The number of rotatable bonds is 7. The van der Waals surface area contributed by atoms with E-state index in [0.717, 1.165) is 11.8 Å². The van der Waals surface area contributed by atoms with Gasteiger partial charge in [-0.1, -0.05) is 54.9 Å². The number of nitrogens with zero attached hydrogens (tertiary/aromatic N) is 2. The first-order valence-corrected chi connectivity index (χ1v) is 15.2. The van der Waals surface area contributed by atoms with Crippen LogP contribution in [0, 0.1) is 0 Å². The van der Waals surface area contributed by atoms with Crippen molar-refractivity contribution in [1.82, 2.24) is 4.31 Å². The van der Waals surface area contributed by atoms with Crippen LogP contribution in [-0.2, 0) is 24.7 Å². The summed E-state index contributed by atoms with van der Waals surface area (Å²) >= 11 is 5.92. The van der Waals surface area contributed by atoms with Crippen LogP contribution in [0.4, 0.5) is 5.69 Å². The Morgan fingerprint density at radius 3 is 2.25 bits per heavy atom. The third kappa shape index (κ3) is 5.20. The molecule has 10 heteroatoms. The number of sulfonamides is 1. The summed E-state index contributed by atoms with van der Waals surface area (Å²) in [4.78, 5) is 15.3. The number of amides is 1. The SMILES string of the molecule is CCN(C1CCCN(c2ccc(-c3ccccc3)c(S(C)(=O)=O)c2)C1=O)S(=O)(=O)c1ccc(Cl)cc1. The number of carbonyl (C=O) groups excluding carboxylic acids is 1. The molecule has 1 aliphatic heterocycles. The number of benzene rings is 3. The Labute approximate surface area is 217 Å². The van der Waals surface area contributed by atoms with Crippen LogP contribution in [0.25, 0.3) is 11.1 Å². The molecule has 0 spiro atoms. The van der Waals surface area contributed by atoms with Gasteiger partial charge in [0.15, 0.2) is 9.84 Å². The van der Waals surface area contributed by atoms with Crippen molar-refractivity contribution in [3.8, 4) is 11.1 Å². The third-order valence-electron chi connectivity index (χ3n) is 6.25. The van der Waals surface area contributed by atoms with E-state index < -0.39 is 25.9 Å². The normalized spacial score (nSPS) is 16.9. The van der Waals surface area contributed by atoms with Gasteiger partial charge in [0, 0.05) is 35.6 Å². The van der Waals surface area contributed by atoms with Gasteiger partial charge in [0.05, 0.1) is 9.79 Å². The summed E-state index contributed by atoms with van der Waals surface area (Å²) < 4.78 is 53.3. The van der Waals surface area contributed by atoms with Gasteiger partial charge >= 0.3 is 0 Å². The molecule has 0 bridgehead atoms. The molecule has 3 aromatic rings. The summed E-state index contributed by atoms with van der Waals surface area (Å²) in [6, 6.07) is 19.0. The Bertz CT molecular complexity index is 1470. The molecule has 1 saturated heterocycles. The highest BCUT2D eigenvalue weighted by Gasteiger charge is 2.39. The highest BCUT2D eigenvalue weighted by atomic mass is 35.5. The predicted octanol–water partition coefficient (Wildman–Crippen LogP) is 4.62. The van der Waals surface area contributed by atoms with Crippen molar-refractivity contribution < 1.29 is 21.6 Å². The summed E-state index contributed by atoms with van der Waals surface area (Å²) in [5.74, 6) is -0.382. The lowest BCUT2D eigenvalue weighted by Gasteiger charge is -2.37. The van der Waals surface area contributed by atoms with Crippen LogP contribution in [0.3, 0.4) is 0 Å². The summed E-state index contributed by atoms with van der Waals surface area (Å²) in [5, 5.41) is 0.414. The fourth-order valence-corrected chi connectivity index (χ4v) is 7.19. The minimum atomic E-state index is -3.95. The van der Waals surface area contributed by atoms with Gasteiger partial charge in [-0.05, 0) is 54.8 Å². The van der Waals surface area contributed by atoms with E-state index in [4.69, 9.17) is 11.6 Å². The second kappa shape index (κ2) is 10.3. The maximum absolute atomic E-state index is 13.6. The summed E-state index contributed by atoms with van der Waals surface area (Å²) in [5.41, 5.74) is 1.71. The lowest BCUT2D eigenvalue weighted by atomic mass is 10.0. The minimum Gasteiger partial charge on any atom is -0.311 e. The highest BCUT2D eigenvalue weighted by molar-refractivity contribution is 7.90. The van der Waals surface area contributed by atoms with Gasteiger partial charge < -0.3 is 4.90 Å². The second-order valence-corrected chi connectivity index (χ2v) is 12.9. The molecule has 0 aromatic heterocycles. The molecule has 1 unspecified atom stereocenters. The van der Waals surface area contributed by atoms with Gasteiger partial charge in [-0.15, -0.1) is 0 Å². The van der Waals surface area contributed by atoms with E-state index in [2.05, 4.69) is 0 Å². The lowest BCUT2D eigenvalue weighted by molar-refractivity contribution is -0.123. The smallest absolute Gasteiger partial charge is 0.245 e. The lowest BCUT2D eigenvalue weighted by Crippen LogP contribution is -2.54. The van der Waals surface area contributed by atoms with Gasteiger partial charge in [0.2, 0.25) is 15.9 Å². The number of likely N-dealkylation sites (N-methyl/N-ethyl adjacent to an activating group) is 1. The molecular weight excluding hydrogens is 520 g/mol. The molecule has 0 N–H and O–H groups in total. The molecule has 190 valence electrons. The van der Waals surface area contributed by atoms with E-state index in [1.165, 1.54) is 39.5 Å². The molecule has 7 nitrogen and oxygen atoms in total. The van der Waals surface area contributed by atoms with Crippen molar-refractivity contribution in [2.45, 2.75) is 35.6 Å². The number of sulfone groups is 1. The Morgan fingerprint density at radius 1 is 0.972 bits per heavy atom. The first kappa shape index (κ1) is 26.3. The quantitative estimate of drug-likeness (QED) is 0.431. The summed E-state index contributed by atoms with van der Waals surface area (Å²) in [7, 11) is -7.56. The van der Waals surface area contributed by atoms with Gasteiger partial charge in [0.1, 0.15) is 6.04 Å². The average Bonchev–Trinajstić information content (AvgIpc) is 2.85. The molecule has 0 radical (unpaired) electrons. The van der Waals surface area contributed by atoms with Crippen LogP contribution in [0.1, 0.15) is 19.8 Å². The number of hydrogen-bond donors (Lipinski definition) is 0. The zero-order valence-electron chi connectivity index (χ0n) is 20.0. The Morgan fingerprint density at radius 2 is 1.64 bits per heavy atom. The molecule has 0 aliphatic carbocycles. The molecule has 1 heterocycles. The highest BCUT2D eigenvalue weighted by Crippen LogP contribution is 2.34. The summed E-state index contributed by atoms with van der Waals surface area (Å²) in [6.07, 6.45) is 2.08. The summed E-state index contributed by atoms with van der Waals surface area (Å²) in [6.45, 7) is 2.16. The Balaban J connectivity index is 1.71. The number of halogens is 1. The topological polar surface area (TPSA) is 91.8 Å². The molecule has 1 fully saturated rings. The van der Waals surface area contributed by atoms with Crippen LogP contribution >= 0.6 is 11.6 Å². The van der Waals surface area contributed by atoms with Crippen LogP contribution in [0.15, 0.2) is 82.6 Å². The average molecular weight is 547 g/mol. The molecule has 3 aromatic carbocycles. The predicted molar refractivity (Wildman–Crippen MR) is 141 cm³/mol. The van der Waals surface area contributed by atoms with E-state index in [1.54, 1.807) is 19.1 Å². The van der Waals surface area contributed by atoms with E-state index >= 15 is 0 Å². The second-order valence-electron chi connectivity index (χ2n) is 8.63. The maximum atomic E-state index is 13.6. The van der Waals surface area contributed by atoms with Crippen LogP contribution < -0.4 is 4.90 Å². The standard InChI is InChI=1S/C26H27ClN2O5S2/c1-3-29(36(33,34)22-14-11-20(27)12-15-22)24-10-7-17-28(26(24)30)21-13-16-23(19-8-5-4-6-9-19)25(18-21)35(2,31)32/h4-6,8-9,11-16,18,24H,3,7,10,17H2,1-2H3. The van der Waals surface area contributed by atoms with Crippen molar-refractivity contribution in [2.24, 2.45) is 0 Å². The largest absolute Gasteiger partial charge is 0.311 e. The van der Waals surface area contributed by atoms with E-state index in [-0.39, 0.29) is 22.2 Å². The first-order chi connectivity index (χ1) is 17.0. The fourth-order valence-electron chi connectivity index (χ4n) is 4.52. The van der Waals surface area contributed by atoms with Crippen LogP contribution in [0.2, 0.25) is 5.02 Å². The zero-order chi connectivity index (χ0) is 26.1. The fraction of sp³-hybridized carbons (Fsp3) is 0.269. The first-order valence-electron chi connectivity index (χ1n) is 11.5. The molecule has 4 rings (SSSR count). The molecule has 36 heavy (non-hydrogen) atoms. The van der Waals surface area contributed by atoms with Crippen molar-refractivity contribution in [1.29, 1.82) is 0 Å².